The molecule has 9 nitrogen and oxygen atoms in total. The number of hydrogen-bond donors (Lipinski definition) is 0. The molecule has 192 valence electrons. The zero-order valence-corrected chi connectivity index (χ0v) is 20.5. The molecular formula is C13H22F6N2O7S4. The number of halogens is 6. The topological polar surface area (TPSA) is 118 Å². The number of alkyl halides is 6. The second-order valence-electron chi connectivity index (χ2n) is 6.48. The number of thiocarbonyl (C=S) groups is 1. The van der Waals surface area contributed by atoms with Gasteiger partial charge in [-0.2, -0.15) is 26.3 Å². The summed E-state index contributed by atoms with van der Waals surface area (Å²) in [7, 11) is -7.12. The summed E-state index contributed by atoms with van der Waals surface area (Å²) < 4.78 is 121. The minimum atomic E-state index is -6.72. The Bertz CT molecular complexity index is 779. The highest BCUT2D eigenvalue weighted by Crippen LogP contribution is 2.36. The lowest BCUT2D eigenvalue weighted by Crippen LogP contribution is -2.35. The Labute approximate surface area is 191 Å². The van der Waals surface area contributed by atoms with Crippen LogP contribution >= 0.6 is 24.0 Å². The van der Waals surface area contributed by atoms with Gasteiger partial charge in [-0.1, -0.05) is 11.8 Å². The fraction of sp³-hybridized carbons (Fsp3) is 0.846. The molecule has 0 rings (SSSR count). The van der Waals surface area contributed by atoms with Crippen LogP contribution in [0.5, 0.6) is 0 Å². The van der Waals surface area contributed by atoms with Gasteiger partial charge in [0.1, 0.15) is 0 Å². The van der Waals surface area contributed by atoms with E-state index in [1.54, 1.807) is 0 Å². The smallest absolute Gasteiger partial charge is 0.479 e. The van der Waals surface area contributed by atoms with Gasteiger partial charge < -0.3 is 18.1 Å². The Morgan fingerprint density at radius 2 is 1.41 bits per heavy atom. The molecule has 32 heavy (non-hydrogen) atoms. The molecule has 0 heterocycles. The highest BCUT2D eigenvalue weighted by Gasteiger charge is 2.46. The number of hydrogen-bond acceptors (Lipinski definition) is 9. The molecule has 0 aromatic heterocycles. The zero-order valence-electron chi connectivity index (χ0n) is 17.2. The van der Waals surface area contributed by atoms with Crippen LogP contribution in [-0.2, 0) is 34.3 Å². The summed E-state index contributed by atoms with van der Waals surface area (Å²) in [5, 5.41) is 0. The van der Waals surface area contributed by atoms with Crippen LogP contribution in [0.1, 0.15) is 13.3 Å². The van der Waals surface area contributed by atoms with Crippen molar-refractivity contribution in [1.29, 1.82) is 0 Å². The molecule has 0 bridgehead atoms. The van der Waals surface area contributed by atoms with Crippen LogP contribution in [0.4, 0.5) is 26.3 Å². The molecule has 0 aliphatic carbocycles. The van der Waals surface area contributed by atoms with Crippen LogP contribution in [0.2, 0.25) is 0 Å². The first-order chi connectivity index (χ1) is 14.1. The Morgan fingerprint density at radius 3 is 1.75 bits per heavy atom. The van der Waals surface area contributed by atoms with Gasteiger partial charge in [-0.25, -0.2) is 16.8 Å². The van der Waals surface area contributed by atoms with Crippen molar-refractivity contribution in [1.82, 2.24) is 0 Å². The van der Waals surface area contributed by atoms with E-state index >= 15 is 0 Å². The monoisotopic (exact) mass is 560 g/mol. The Morgan fingerprint density at radius 1 is 0.969 bits per heavy atom. The first-order valence-corrected chi connectivity index (χ1v) is 12.5. The molecule has 0 aliphatic heterocycles. The lowest BCUT2D eigenvalue weighted by atomic mass is 10.4. The predicted octanol–water partition coefficient (Wildman–Crippen LogP) is 2.74. The van der Waals surface area contributed by atoms with Crippen LogP contribution in [-0.4, -0.2) is 89.3 Å². The molecule has 0 spiro atoms. The fourth-order valence-electron chi connectivity index (χ4n) is 1.26. The first-order valence-electron chi connectivity index (χ1n) is 8.18. The van der Waals surface area contributed by atoms with E-state index < -0.39 is 31.1 Å². The van der Waals surface area contributed by atoms with Gasteiger partial charge >= 0.3 is 17.0 Å². The molecule has 0 fully saturated rings. The summed E-state index contributed by atoms with van der Waals surface area (Å²) in [5.41, 5.74) is -12.4. The third-order valence-corrected chi connectivity index (χ3v) is 6.53. The third kappa shape index (κ3) is 15.0. The second-order valence-corrected chi connectivity index (χ2v) is 11.5. The molecule has 0 unspecified atom stereocenters. The molecule has 0 aromatic rings. The number of carbonyl (C=O) groups excluding carboxylic acids is 1. The van der Waals surface area contributed by atoms with Crippen LogP contribution in [0, 0.1) is 0 Å². The number of nitrogens with zero attached hydrogens (tertiary/aromatic N) is 2. The zero-order chi connectivity index (χ0) is 26.0. The standard InChI is InChI=1S/C11H22NO3S2.C2F6NO4S2/c1-5-14-11(16)17-9-10(13)15-8-6-7-12(2,3)4;3-1(4,5)14(10,11)9-15(12,13)2(6,7)8/h5-9H2,1-4H3;/q+1;-1. The molecule has 0 aliphatic rings. The van der Waals surface area contributed by atoms with Gasteiger partial charge in [0.15, 0.2) is 20.0 Å². The maximum atomic E-state index is 11.4. The summed E-state index contributed by atoms with van der Waals surface area (Å²) >= 11 is 6.09. The number of sulfonamides is 2. The minimum Gasteiger partial charge on any atom is -0.479 e. The molecule has 0 aromatic carbocycles. The fourth-order valence-corrected chi connectivity index (χ4v) is 3.78. The molecule has 0 saturated carbocycles. The molecule has 0 radical (unpaired) electrons. The van der Waals surface area contributed by atoms with E-state index in [4.69, 9.17) is 21.7 Å². The molecule has 0 amide bonds. The second kappa shape index (κ2) is 13.1. The lowest BCUT2D eigenvalue weighted by molar-refractivity contribution is -0.870. The maximum absolute atomic E-state index is 11.4. The Kier molecular flexibility index (Phi) is 13.6. The third-order valence-electron chi connectivity index (χ3n) is 2.59. The van der Waals surface area contributed by atoms with Gasteiger partial charge in [0, 0.05) is 6.42 Å². The van der Waals surface area contributed by atoms with E-state index in [2.05, 4.69) is 21.1 Å². The van der Waals surface area contributed by atoms with Crippen LogP contribution < -0.4 is 0 Å². The molecule has 0 atom stereocenters. The van der Waals surface area contributed by atoms with Crippen molar-refractivity contribution in [3.8, 4) is 0 Å². The van der Waals surface area contributed by atoms with E-state index in [9.17, 15) is 48.0 Å². The number of thioether (sulfide) groups is 1. The maximum Gasteiger partial charge on any atom is 0.480 e. The largest absolute Gasteiger partial charge is 0.480 e. The molecule has 0 saturated heterocycles. The molecular weight excluding hydrogens is 538 g/mol. The van der Waals surface area contributed by atoms with Gasteiger partial charge in [0.2, 0.25) is 4.38 Å². The van der Waals surface area contributed by atoms with Gasteiger partial charge in [0.05, 0.1) is 46.7 Å². The van der Waals surface area contributed by atoms with Crippen molar-refractivity contribution in [3.05, 3.63) is 4.13 Å². The van der Waals surface area contributed by atoms with E-state index in [0.29, 0.717) is 17.6 Å². The van der Waals surface area contributed by atoms with Crippen molar-refractivity contribution in [2.45, 2.75) is 24.4 Å². The van der Waals surface area contributed by atoms with E-state index in [0.717, 1.165) is 21.6 Å². The number of quaternary nitrogens is 1. The van der Waals surface area contributed by atoms with Gasteiger partial charge in [-0.15, -0.1) is 0 Å². The summed E-state index contributed by atoms with van der Waals surface area (Å²) in [6.45, 7) is 3.84. The number of ether oxygens (including phenoxy) is 2. The summed E-state index contributed by atoms with van der Waals surface area (Å²) in [5.74, 6) is -0.0121. The number of carbonyl (C=O) groups is 1. The van der Waals surface area contributed by atoms with Crippen molar-refractivity contribution >= 4 is 54.4 Å². The Balaban J connectivity index is 0. The lowest BCUT2D eigenvalue weighted by Gasteiger charge is -2.23. The molecule has 19 heteroatoms. The van der Waals surface area contributed by atoms with Gasteiger partial charge in [-0.05, 0) is 19.1 Å². The number of esters is 1. The number of rotatable bonds is 9. The van der Waals surface area contributed by atoms with Gasteiger partial charge in [-0.3, -0.25) is 4.79 Å². The predicted molar refractivity (Wildman–Crippen MR) is 108 cm³/mol. The van der Waals surface area contributed by atoms with Gasteiger partial charge in [0.25, 0.3) is 0 Å². The highest BCUT2D eigenvalue weighted by atomic mass is 32.3. The quantitative estimate of drug-likeness (QED) is 0.138. The van der Waals surface area contributed by atoms with Crippen molar-refractivity contribution in [3.63, 3.8) is 0 Å². The van der Waals surface area contributed by atoms with Crippen molar-refractivity contribution in [2.75, 3.05) is 46.7 Å². The van der Waals surface area contributed by atoms with Crippen LogP contribution in [0.15, 0.2) is 0 Å². The van der Waals surface area contributed by atoms with Crippen molar-refractivity contribution in [2.24, 2.45) is 0 Å². The average Bonchev–Trinajstić information content (AvgIpc) is 2.54. The van der Waals surface area contributed by atoms with Crippen LogP contribution in [0.25, 0.3) is 4.13 Å². The summed E-state index contributed by atoms with van der Waals surface area (Å²) in [4.78, 5) is 11.3. The molecule has 0 N–H and O–H groups in total. The average molecular weight is 561 g/mol. The SMILES string of the molecule is CCOC(=S)SCC(=O)OCCC[N+](C)(C)C.O=S(=O)([N-]S(=O)(=O)C(F)(F)F)C(F)(F)F. The normalized spacial score (nSPS) is 13.1. The van der Waals surface area contributed by atoms with E-state index in [-0.39, 0.29) is 11.7 Å². The summed E-state index contributed by atoms with van der Waals surface area (Å²) in [6.07, 6.45) is 0.871. The highest BCUT2D eigenvalue weighted by molar-refractivity contribution is 8.23. The first kappa shape index (κ1) is 33.3. The van der Waals surface area contributed by atoms with E-state index in [1.807, 2.05) is 6.92 Å². The van der Waals surface area contributed by atoms with Crippen molar-refractivity contribution < 1.29 is 61.9 Å². The summed E-state index contributed by atoms with van der Waals surface area (Å²) in [6, 6.07) is 0. The minimum absolute atomic E-state index is 0.225. The van der Waals surface area contributed by atoms with E-state index in [1.165, 1.54) is 11.8 Å². The van der Waals surface area contributed by atoms with Crippen LogP contribution in [0.3, 0.4) is 0 Å². The Hall–Kier alpha value is -0.890.